The van der Waals surface area contributed by atoms with Crippen LogP contribution in [0.25, 0.3) is 11.6 Å². The van der Waals surface area contributed by atoms with E-state index in [2.05, 4.69) is 20.7 Å². The molecule has 0 fully saturated rings. The van der Waals surface area contributed by atoms with Crippen molar-refractivity contribution >= 4 is 11.6 Å². The topological polar surface area (TPSA) is 85.8 Å². The maximum absolute atomic E-state index is 12.0. The van der Waals surface area contributed by atoms with Gasteiger partial charge in [0.1, 0.15) is 12.3 Å². The SMILES string of the molecule is Cc1ccc(-c2nnn(CC(=O)Nc3ccccc3C)n2)o1. The van der Waals surface area contributed by atoms with Gasteiger partial charge in [0.2, 0.25) is 11.7 Å². The summed E-state index contributed by atoms with van der Waals surface area (Å²) in [7, 11) is 0. The van der Waals surface area contributed by atoms with Crippen LogP contribution in [0, 0.1) is 13.8 Å². The van der Waals surface area contributed by atoms with Crippen LogP contribution >= 0.6 is 0 Å². The van der Waals surface area contributed by atoms with Crippen LogP contribution < -0.4 is 5.32 Å². The van der Waals surface area contributed by atoms with Gasteiger partial charge in [-0.05, 0) is 42.8 Å². The van der Waals surface area contributed by atoms with Crippen molar-refractivity contribution in [3.63, 3.8) is 0 Å². The molecule has 7 nitrogen and oxygen atoms in total. The van der Waals surface area contributed by atoms with Gasteiger partial charge in [0.15, 0.2) is 5.76 Å². The van der Waals surface area contributed by atoms with Gasteiger partial charge in [-0.3, -0.25) is 4.79 Å². The van der Waals surface area contributed by atoms with Crippen molar-refractivity contribution in [2.75, 3.05) is 5.32 Å². The third-order valence-electron chi connectivity index (χ3n) is 3.12. The minimum atomic E-state index is -0.214. The lowest BCUT2D eigenvalue weighted by molar-refractivity contribution is -0.117. The van der Waals surface area contributed by atoms with Crippen molar-refractivity contribution < 1.29 is 9.21 Å². The number of amides is 1. The maximum Gasteiger partial charge on any atom is 0.248 e. The summed E-state index contributed by atoms with van der Waals surface area (Å²) in [4.78, 5) is 13.3. The van der Waals surface area contributed by atoms with E-state index in [1.54, 1.807) is 6.07 Å². The number of anilines is 1. The molecule has 0 saturated heterocycles. The summed E-state index contributed by atoms with van der Waals surface area (Å²) in [6.45, 7) is 3.76. The number of carbonyl (C=O) groups is 1. The van der Waals surface area contributed by atoms with Crippen LogP contribution in [0.2, 0.25) is 0 Å². The maximum atomic E-state index is 12.0. The predicted molar refractivity (Wildman–Crippen MR) is 80.1 cm³/mol. The quantitative estimate of drug-likeness (QED) is 0.797. The molecule has 22 heavy (non-hydrogen) atoms. The van der Waals surface area contributed by atoms with Gasteiger partial charge in [-0.15, -0.1) is 10.2 Å². The second-order valence-electron chi connectivity index (χ2n) is 4.92. The molecule has 3 aromatic rings. The number of nitrogens with zero attached hydrogens (tertiary/aromatic N) is 4. The van der Waals surface area contributed by atoms with Gasteiger partial charge in [0, 0.05) is 5.69 Å². The summed E-state index contributed by atoms with van der Waals surface area (Å²) in [5, 5.41) is 14.7. The van der Waals surface area contributed by atoms with Gasteiger partial charge < -0.3 is 9.73 Å². The number of nitrogens with one attached hydrogen (secondary N) is 1. The molecule has 1 amide bonds. The predicted octanol–water partition coefficient (Wildman–Crippen LogP) is 2.19. The van der Waals surface area contributed by atoms with Crippen molar-refractivity contribution in [3.05, 3.63) is 47.7 Å². The van der Waals surface area contributed by atoms with E-state index in [1.165, 1.54) is 4.80 Å². The zero-order chi connectivity index (χ0) is 15.5. The molecule has 112 valence electrons. The first-order valence-corrected chi connectivity index (χ1v) is 6.82. The molecule has 3 rings (SSSR count). The minimum absolute atomic E-state index is 0.0129. The summed E-state index contributed by atoms with van der Waals surface area (Å²) in [5.41, 5.74) is 1.77. The lowest BCUT2D eigenvalue weighted by atomic mass is 10.2. The van der Waals surface area contributed by atoms with Gasteiger partial charge in [0.05, 0.1) is 0 Å². The Morgan fingerprint density at radius 3 is 2.77 bits per heavy atom. The van der Waals surface area contributed by atoms with Crippen LogP contribution in [-0.2, 0) is 11.3 Å². The number of benzene rings is 1. The molecule has 0 bridgehead atoms. The fourth-order valence-corrected chi connectivity index (χ4v) is 1.99. The molecule has 0 spiro atoms. The highest BCUT2D eigenvalue weighted by molar-refractivity contribution is 5.91. The fraction of sp³-hybridized carbons (Fsp3) is 0.200. The van der Waals surface area contributed by atoms with Gasteiger partial charge in [-0.25, -0.2) is 0 Å². The summed E-state index contributed by atoms with van der Waals surface area (Å²) < 4.78 is 5.42. The first kappa shape index (κ1) is 14.0. The fourth-order valence-electron chi connectivity index (χ4n) is 1.99. The van der Waals surface area contributed by atoms with Gasteiger partial charge in [-0.1, -0.05) is 18.2 Å². The Hall–Kier alpha value is -2.96. The Kier molecular flexibility index (Phi) is 3.69. The molecule has 0 radical (unpaired) electrons. The highest BCUT2D eigenvalue weighted by Crippen LogP contribution is 2.16. The number of para-hydroxylation sites is 1. The van der Waals surface area contributed by atoms with Crippen molar-refractivity contribution in [1.82, 2.24) is 20.2 Å². The second-order valence-corrected chi connectivity index (χ2v) is 4.92. The molecule has 0 aliphatic heterocycles. The zero-order valence-corrected chi connectivity index (χ0v) is 12.3. The Morgan fingerprint density at radius 1 is 1.23 bits per heavy atom. The smallest absolute Gasteiger partial charge is 0.248 e. The van der Waals surface area contributed by atoms with E-state index in [4.69, 9.17) is 4.42 Å². The van der Waals surface area contributed by atoms with E-state index >= 15 is 0 Å². The number of aryl methyl sites for hydroxylation is 2. The van der Waals surface area contributed by atoms with Crippen LogP contribution in [0.1, 0.15) is 11.3 Å². The van der Waals surface area contributed by atoms with E-state index < -0.39 is 0 Å². The minimum Gasteiger partial charge on any atom is -0.458 e. The van der Waals surface area contributed by atoms with E-state index in [0.29, 0.717) is 11.6 Å². The zero-order valence-electron chi connectivity index (χ0n) is 12.3. The van der Waals surface area contributed by atoms with Crippen LogP contribution in [0.3, 0.4) is 0 Å². The number of carbonyl (C=O) groups excluding carboxylic acids is 1. The van der Waals surface area contributed by atoms with Crippen LogP contribution in [0.15, 0.2) is 40.8 Å². The monoisotopic (exact) mass is 297 g/mol. The van der Waals surface area contributed by atoms with Crippen molar-refractivity contribution in [2.45, 2.75) is 20.4 Å². The first-order valence-electron chi connectivity index (χ1n) is 6.82. The van der Waals surface area contributed by atoms with E-state index in [0.717, 1.165) is 17.0 Å². The largest absolute Gasteiger partial charge is 0.458 e. The molecule has 7 heteroatoms. The van der Waals surface area contributed by atoms with Crippen LogP contribution in [0.5, 0.6) is 0 Å². The summed E-state index contributed by atoms with van der Waals surface area (Å²) in [5.74, 6) is 1.44. The van der Waals surface area contributed by atoms with E-state index in [9.17, 15) is 4.79 Å². The summed E-state index contributed by atoms with van der Waals surface area (Å²) in [6.07, 6.45) is 0. The molecule has 2 heterocycles. The van der Waals surface area contributed by atoms with Gasteiger partial charge >= 0.3 is 0 Å². The summed E-state index contributed by atoms with van der Waals surface area (Å²) in [6, 6.07) is 11.2. The molecule has 2 aromatic heterocycles. The molecule has 0 unspecified atom stereocenters. The normalized spacial score (nSPS) is 10.6. The molecule has 0 saturated carbocycles. The number of hydrogen-bond acceptors (Lipinski definition) is 5. The Balaban J connectivity index is 1.67. The highest BCUT2D eigenvalue weighted by atomic mass is 16.3. The standard InChI is InChI=1S/C15H15N5O2/c1-10-5-3-4-6-12(10)16-14(21)9-20-18-15(17-19-20)13-8-7-11(2)22-13/h3-8H,9H2,1-2H3,(H,16,21). The lowest BCUT2D eigenvalue weighted by Crippen LogP contribution is -2.20. The molecule has 0 aliphatic rings. The number of rotatable bonds is 4. The number of tetrazole rings is 1. The average molecular weight is 297 g/mol. The van der Waals surface area contributed by atoms with E-state index in [-0.39, 0.29) is 12.5 Å². The molecule has 1 N–H and O–H groups in total. The van der Waals surface area contributed by atoms with Crippen LogP contribution in [-0.4, -0.2) is 26.1 Å². The van der Waals surface area contributed by atoms with E-state index in [1.807, 2.05) is 44.2 Å². The third-order valence-corrected chi connectivity index (χ3v) is 3.12. The Bertz CT molecular complexity index is 806. The number of hydrogen-bond donors (Lipinski definition) is 1. The van der Waals surface area contributed by atoms with Crippen LogP contribution in [0.4, 0.5) is 5.69 Å². The van der Waals surface area contributed by atoms with Crippen molar-refractivity contribution in [1.29, 1.82) is 0 Å². The molecule has 0 atom stereocenters. The average Bonchev–Trinajstić information content (AvgIpc) is 3.10. The molecule has 0 aliphatic carbocycles. The molecular weight excluding hydrogens is 282 g/mol. The number of furan rings is 1. The van der Waals surface area contributed by atoms with Gasteiger partial charge in [-0.2, -0.15) is 4.80 Å². The van der Waals surface area contributed by atoms with Crippen molar-refractivity contribution in [3.8, 4) is 11.6 Å². The second kappa shape index (κ2) is 5.80. The summed E-state index contributed by atoms with van der Waals surface area (Å²) >= 11 is 0. The third kappa shape index (κ3) is 3.03. The Labute approximate surface area is 126 Å². The van der Waals surface area contributed by atoms with Gasteiger partial charge in [0.25, 0.3) is 0 Å². The first-order chi connectivity index (χ1) is 10.6. The highest BCUT2D eigenvalue weighted by Gasteiger charge is 2.12. The molecule has 1 aromatic carbocycles. The molecular formula is C15H15N5O2. The Morgan fingerprint density at radius 2 is 2.05 bits per heavy atom. The number of aromatic nitrogens is 4. The van der Waals surface area contributed by atoms with Crippen molar-refractivity contribution in [2.24, 2.45) is 0 Å². The lowest BCUT2D eigenvalue weighted by Gasteiger charge is -2.06.